The first-order valence-electron chi connectivity index (χ1n) is 9.08. The Bertz CT molecular complexity index is 990. The minimum Gasteiger partial charge on any atom is -0.493 e. The lowest BCUT2D eigenvalue weighted by Gasteiger charge is -2.19. The molecule has 2 amide bonds. The van der Waals surface area contributed by atoms with E-state index in [9.17, 15) is 9.18 Å². The monoisotopic (exact) mass is 381 g/mol. The van der Waals surface area contributed by atoms with Crippen LogP contribution in [0, 0.1) is 12.7 Å². The number of fused-ring (bicyclic) bond motifs is 1. The maximum atomic E-state index is 13.5. The normalized spacial score (nSPS) is 15.9. The Labute approximate surface area is 161 Å². The SMILES string of the molecule is Cc1cc(NC(=O)NC2CCCOc3cc(F)ccc32)n(-c2ccccn2)n1. The lowest BCUT2D eigenvalue weighted by atomic mass is 10.0. The predicted molar refractivity (Wildman–Crippen MR) is 102 cm³/mol. The van der Waals surface area contributed by atoms with Gasteiger partial charge in [-0.2, -0.15) is 9.78 Å². The first-order valence-corrected chi connectivity index (χ1v) is 9.08. The van der Waals surface area contributed by atoms with Crippen LogP contribution in [0.15, 0.2) is 48.7 Å². The van der Waals surface area contributed by atoms with Gasteiger partial charge in [-0.3, -0.25) is 5.32 Å². The summed E-state index contributed by atoms with van der Waals surface area (Å²) in [6.07, 6.45) is 3.12. The van der Waals surface area contributed by atoms with Gasteiger partial charge in [0.15, 0.2) is 5.82 Å². The van der Waals surface area contributed by atoms with Crippen molar-refractivity contribution < 1.29 is 13.9 Å². The van der Waals surface area contributed by atoms with Gasteiger partial charge in [0.2, 0.25) is 0 Å². The Morgan fingerprint density at radius 2 is 2.18 bits per heavy atom. The summed E-state index contributed by atoms with van der Waals surface area (Å²) in [6, 6.07) is 11.0. The number of hydrogen-bond donors (Lipinski definition) is 2. The molecule has 0 saturated carbocycles. The van der Waals surface area contributed by atoms with E-state index in [1.807, 2.05) is 25.1 Å². The quantitative estimate of drug-likeness (QED) is 0.724. The number of rotatable bonds is 3. The van der Waals surface area contributed by atoms with Gasteiger partial charge >= 0.3 is 6.03 Å². The molecule has 1 unspecified atom stereocenters. The van der Waals surface area contributed by atoms with Gasteiger partial charge in [0.05, 0.1) is 18.3 Å². The molecule has 0 saturated heterocycles. The van der Waals surface area contributed by atoms with Crippen LogP contribution in [0.25, 0.3) is 5.82 Å². The lowest BCUT2D eigenvalue weighted by Crippen LogP contribution is -2.33. The van der Waals surface area contributed by atoms with E-state index < -0.39 is 0 Å². The highest BCUT2D eigenvalue weighted by Crippen LogP contribution is 2.32. The zero-order valence-corrected chi connectivity index (χ0v) is 15.4. The van der Waals surface area contributed by atoms with Gasteiger partial charge in [-0.05, 0) is 38.0 Å². The van der Waals surface area contributed by atoms with E-state index in [-0.39, 0.29) is 17.9 Å². The molecule has 3 aromatic rings. The number of anilines is 1. The molecule has 144 valence electrons. The Morgan fingerprint density at radius 1 is 1.29 bits per heavy atom. The van der Waals surface area contributed by atoms with Crippen LogP contribution in [0.4, 0.5) is 15.0 Å². The van der Waals surface area contributed by atoms with Gasteiger partial charge in [0.25, 0.3) is 0 Å². The molecule has 1 aliphatic heterocycles. The summed E-state index contributed by atoms with van der Waals surface area (Å²) in [7, 11) is 0. The summed E-state index contributed by atoms with van der Waals surface area (Å²) in [5, 5.41) is 10.2. The van der Waals surface area contributed by atoms with Gasteiger partial charge < -0.3 is 10.1 Å². The molecule has 1 aliphatic rings. The maximum absolute atomic E-state index is 13.5. The molecule has 2 aromatic heterocycles. The Morgan fingerprint density at radius 3 is 3.00 bits per heavy atom. The summed E-state index contributed by atoms with van der Waals surface area (Å²) in [4.78, 5) is 16.9. The Hall–Kier alpha value is -3.42. The molecule has 2 N–H and O–H groups in total. The fourth-order valence-corrected chi connectivity index (χ4v) is 3.25. The molecular formula is C20H20FN5O2. The van der Waals surface area contributed by atoms with Crippen molar-refractivity contribution in [3.63, 3.8) is 0 Å². The number of halogens is 1. The number of aromatic nitrogens is 3. The van der Waals surface area contributed by atoms with E-state index in [0.717, 1.165) is 17.7 Å². The molecule has 0 radical (unpaired) electrons. The highest BCUT2D eigenvalue weighted by molar-refractivity contribution is 5.89. The minimum absolute atomic E-state index is 0.273. The number of aryl methyl sites for hydroxylation is 1. The standard InChI is InChI=1S/C20H20FN5O2/c1-13-11-19(26(25-13)18-6-2-3-9-22-18)24-20(27)23-16-5-4-10-28-17-12-14(21)7-8-15(16)17/h2-3,6-9,11-12,16H,4-5,10H2,1H3,(H2,23,24,27). The van der Waals surface area contributed by atoms with Gasteiger partial charge in [0, 0.05) is 23.9 Å². The molecule has 0 bridgehead atoms. The molecule has 7 nitrogen and oxygen atoms in total. The second-order valence-corrected chi connectivity index (χ2v) is 6.59. The van der Waals surface area contributed by atoms with Crippen molar-refractivity contribution in [2.24, 2.45) is 0 Å². The van der Waals surface area contributed by atoms with Gasteiger partial charge in [0.1, 0.15) is 17.4 Å². The highest BCUT2D eigenvalue weighted by Gasteiger charge is 2.22. The van der Waals surface area contributed by atoms with E-state index in [4.69, 9.17) is 4.74 Å². The summed E-state index contributed by atoms with van der Waals surface area (Å²) in [6.45, 7) is 2.33. The van der Waals surface area contributed by atoms with Crippen molar-refractivity contribution in [2.45, 2.75) is 25.8 Å². The van der Waals surface area contributed by atoms with Crippen molar-refractivity contribution in [1.82, 2.24) is 20.1 Å². The Balaban J connectivity index is 1.53. The Kier molecular flexibility index (Phi) is 4.92. The number of nitrogens with one attached hydrogen (secondary N) is 2. The summed E-state index contributed by atoms with van der Waals surface area (Å²) in [5.41, 5.74) is 1.52. The number of carbonyl (C=O) groups is 1. The molecule has 0 fully saturated rings. The van der Waals surface area contributed by atoms with E-state index in [1.165, 1.54) is 12.1 Å². The average molecular weight is 381 g/mol. The maximum Gasteiger partial charge on any atom is 0.320 e. The van der Waals surface area contributed by atoms with Crippen LogP contribution >= 0.6 is 0 Å². The van der Waals surface area contributed by atoms with E-state index >= 15 is 0 Å². The third kappa shape index (κ3) is 3.80. The van der Waals surface area contributed by atoms with Crippen molar-refractivity contribution in [2.75, 3.05) is 11.9 Å². The molecular weight excluding hydrogens is 361 g/mol. The third-order valence-electron chi connectivity index (χ3n) is 4.49. The van der Waals surface area contributed by atoms with Crippen LogP contribution in [0.5, 0.6) is 5.75 Å². The van der Waals surface area contributed by atoms with E-state index in [1.54, 1.807) is 23.0 Å². The minimum atomic E-state index is -0.376. The zero-order valence-electron chi connectivity index (χ0n) is 15.4. The van der Waals surface area contributed by atoms with Crippen LogP contribution in [0.3, 0.4) is 0 Å². The number of carbonyl (C=O) groups excluding carboxylic acids is 1. The number of benzene rings is 1. The molecule has 3 heterocycles. The first-order chi connectivity index (χ1) is 13.6. The van der Waals surface area contributed by atoms with Gasteiger partial charge in [-0.25, -0.2) is 14.2 Å². The van der Waals surface area contributed by atoms with E-state index in [2.05, 4.69) is 20.7 Å². The first kappa shape index (κ1) is 18.0. The second kappa shape index (κ2) is 7.67. The number of nitrogens with zero attached hydrogens (tertiary/aromatic N) is 3. The van der Waals surface area contributed by atoms with Gasteiger partial charge in [-0.15, -0.1) is 0 Å². The molecule has 28 heavy (non-hydrogen) atoms. The molecule has 4 rings (SSSR count). The van der Waals surface area contributed by atoms with Crippen molar-refractivity contribution in [1.29, 1.82) is 0 Å². The van der Waals surface area contributed by atoms with Crippen LogP contribution < -0.4 is 15.4 Å². The molecule has 0 aliphatic carbocycles. The van der Waals surface area contributed by atoms with Crippen LogP contribution in [-0.2, 0) is 0 Å². The fraction of sp³-hybridized carbons (Fsp3) is 0.250. The van der Waals surface area contributed by atoms with E-state index in [0.29, 0.717) is 30.4 Å². The van der Waals surface area contributed by atoms with Crippen molar-refractivity contribution in [3.8, 4) is 11.6 Å². The molecule has 0 spiro atoms. The van der Waals surface area contributed by atoms with Gasteiger partial charge in [-0.1, -0.05) is 12.1 Å². The van der Waals surface area contributed by atoms with Crippen molar-refractivity contribution >= 4 is 11.8 Å². The predicted octanol–water partition coefficient (Wildman–Crippen LogP) is 3.75. The largest absolute Gasteiger partial charge is 0.493 e. The number of pyridine rings is 1. The molecule has 1 atom stereocenters. The smallest absolute Gasteiger partial charge is 0.320 e. The molecule has 8 heteroatoms. The zero-order chi connectivity index (χ0) is 19.5. The number of hydrogen-bond acceptors (Lipinski definition) is 4. The number of urea groups is 1. The topological polar surface area (TPSA) is 81.1 Å². The highest BCUT2D eigenvalue weighted by atomic mass is 19.1. The second-order valence-electron chi connectivity index (χ2n) is 6.59. The average Bonchev–Trinajstić information content (AvgIpc) is 2.93. The number of amides is 2. The summed E-state index contributed by atoms with van der Waals surface area (Å²) in [5.74, 6) is 1.23. The van der Waals surface area contributed by atoms with Crippen molar-refractivity contribution in [3.05, 3.63) is 65.7 Å². The number of ether oxygens (including phenoxy) is 1. The third-order valence-corrected chi connectivity index (χ3v) is 4.49. The van der Waals surface area contributed by atoms with Crippen LogP contribution in [-0.4, -0.2) is 27.4 Å². The molecule has 1 aromatic carbocycles. The van der Waals surface area contributed by atoms with Crippen LogP contribution in [0.2, 0.25) is 0 Å². The summed E-state index contributed by atoms with van der Waals surface area (Å²) < 4.78 is 20.7. The summed E-state index contributed by atoms with van der Waals surface area (Å²) >= 11 is 0. The van der Waals surface area contributed by atoms with Crippen LogP contribution in [0.1, 0.15) is 30.1 Å². The lowest BCUT2D eigenvalue weighted by molar-refractivity contribution is 0.247. The fourth-order valence-electron chi connectivity index (χ4n) is 3.25.